The first kappa shape index (κ1) is 15.3. The molecule has 3 rings (SSSR count). The van der Waals surface area contributed by atoms with Gasteiger partial charge in [0.1, 0.15) is 5.82 Å². The second-order valence-corrected chi connectivity index (χ2v) is 5.78. The first-order valence-corrected chi connectivity index (χ1v) is 8.07. The Morgan fingerprint density at radius 3 is 2.61 bits per heavy atom. The van der Waals surface area contributed by atoms with Crippen LogP contribution in [0.15, 0.2) is 48.7 Å². The Morgan fingerprint density at radius 2 is 2.00 bits per heavy atom. The molecule has 0 atom stereocenters. The molecule has 1 aromatic carbocycles. The second kappa shape index (κ2) is 7.13. The van der Waals surface area contributed by atoms with Crippen LogP contribution < -0.4 is 15.5 Å². The van der Waals surface area contributed by atoms with Crippen LogP contribution in [0.2, 0.25) is 0 Å². The van der Waals surface area contributed by atoms with Gasteiger partial charge >= 0.3 is 6.03 Å². The molecule has 0 radical (unpaired) electrons. The fourth-order valence-corrected chi connectivity index (χ4v) is 2.39. The molecule has 23 heavy (non-hydrogen) atoms. The van der Waals surface area contributed by atoms with Gasteiger partial charge in [0.25, 0.3) is 0 Å². The Labute approximate surface area is 136 Å². The lowest BCUT2D eigenvalue weighted by atomic mass is 10.2. The highest BCUT2D eigenvalue weighted by Crippen LogP contribution is 2.19. The van der Waals surface area contributed by atoms with E-state index in [0.717, 1.165) is 31.7 Å². The van der Waals surface area contributed by atoms with E-state index in [0.29, 0.717) is 11.7 Å². The molecule has 120 valence electrons. The van der Waals surface area contributed by atoms with Crippen molar-refractivity contribution in [3.05, 3.63) is 54.2 Å². The molecule has 1 aliphatic carbocycles. The van der Waals surface area contributed by atoms with E-state index in [1.54, 1.807) is 6.20 Å². The maximum atomic E-state index is 11.7. The molecular weight excluding hydrogens is 288 g/mol. The predicted octanol–water partition coefficient (Wildman–Crippen LogP) is 3.39. The number of aromatic nitrogens is 1. The molecule has 0 saturated heterocycles. The van der Waals surface area contributed by atoms with Gasteiger partial charge in [-0.2, -0.15) is 0 Å². The molecule has 2 amide bonds. The summed E-state index contributed by atoms with van der Waals surface area (Å²) in [6.45, 7) is 3.80. The minimum Gasteiger partial charge on any atom is -0.353 e. The van der Waals surface area contributed by atoms with Crippen LogP contribution in [-0.4, -0.2) is 23.6 Å². The summed E-state index contributed by atoms with van der Waals surface area (Å²) in [7, 11) is 0. The molecule has 1 aliphatic rings. The average molecular weight is 310 g/mol. The molecule has 1 aromatic heterocycles. The Bertz CT molecular complexity index is 638. The van der Waals surface area contributed by atoms with E-state index in [9.17, 15) is 4.79 Å². The van der Waals surface area contributed by atoms with E-state index in [1.807, 2.05) is 30.3 Å². The number of amides is 2. The number of benzene rings is 1. The van der Waals surface area contributed by atoms with Crippen LogP contribution in [0.4, 0.5) is 16.3 Å². The van der Waals surface area contributed by atoms with Gasteiger partial charge in [-0.3, -0.25) is 0 Å². The summed E-state index contributed by atoms with van der Waals surface area (Å²) >= 11 is 0. The second-order valence-electron chi connectivity index (χ2n) is 5.78. The van der Waals surface area contributed by atoms with E-state index in [1.165, 1.54) is 5.56 Å². The van der Waals surface area contributed by atoms with Crippen LogP contribution in [0.3, 0.4) is 0 Å². The SMILES string of the molecule is CCN(Cc1ccccc1)c1ccc(NC(=O)NC2CC2)cn1. The number of pyridine rings is 1. The summed E-state index contributed by atoms with van der Waals surface area (Å²) in [5, 5.41) is 5.71. The third-order valence-corrected chi connectivity index (χ3v) is 3.84. The van der Waals surface area contributed by atoms with E-state index >= 15 is 0 Å². The maximum absolute atomic E-state index is 11.7. The van der Waals surface area contributed by atoms with Crippen molar-refractivity contribution >= 4 is 17.5 Å². The Kier molecular flexibility index (Phi) is 4.76. The molecule has 5 nitrogen and oxygen atoms in total. The zero-order chi connectivity index (χ0) is 16.1. The summed E-state index contributed by atoms with van der Waals surface area (Å²) in [5.41, 5.74) is 1.96. The maximum Gasteiger partial charge on any atom is 0.319 e. The topological polar surface area (TPSA) is 57.3 Å². The molecule has 1 fully saturated rings. The van der Waals surface area contributed by atoms with Gasteiger partial charge in [-0.1, -0.05) is 30.3 Å². The molecule has 2 aromatic rings. The highest BCUT2D eigenvalue weighted by molar-refractivity contribution is 5.89. The third-order valence-electron chi connectivity index (χ3n) is 3.84. The third kappa shape index (κ3) is 4.45. The van der Waals surface area contributed by atoms with Crippen molar-refractivity contribution in [1.29, 1.82) is 0 Å². The lowest BCUT2D eigenvalue weighted by molar-refractivity contribution is 0.251. The van der Waals surface area contributed by atoms with E-state index in [2.05, 4.69) is 39.6 Å². The fraction of sp³-hybridized carbons (Fsp3) is 0.333. The van der Waals surface area contributed by atoms with E-state index in [4.69, 9.17) is 0 Å². The van der Waals surface area contributed by atoms with Crippen molar-refractivity contribution in [2.75, 3.05) is 16.8 Å². The van der Waals surface area contributed by atoms with Gasteiger partial charge in [-0.05, 0) is 37.5 Å². The Balaban J connectivity index is 1.61. The number of carbonyl (C=O) groups is 1. The molecule has 0 spiro atoms. The van der Waals surface area contributed by atoms with Crippen molar-refractivity contribution in [2.24, 2.45) is 0 Å². The normalized spacial score (nSPS) is 13.4. The number of carbonyl (C=O) groups excluding carboxylic acids is 1. The largest absolute Gasteiger partial charge is 0.353 e. The lowest BCUT2D eigenvalue weighted by Gasteiger charge is -2.22. The number of anilines is 2. The standard InChI is InChI=1S/C18H22N4O/c1-2-22(13-14-6-4-3-5-7-14)17-11-10-16(12-19-17)21-18(23)20-15-8-9-15/h3-7,10-12,15H,2,8-9,13H2,1H3,(H2,20,21,23). The first-order chi connectivity index (χ1) is 11.2. The summed E-state index contributed by atoms with van der Waals surface area (Å²) < 4.78 is 0. The van der Waals surface area contributed by atoms with Crippen molar-refractivity contribution in [3.8, 4) is 0 Å². The van der Waals surface area contributed by atoms with Crippen molar-refractivity contribution in [3.63, 3.8) is 0 Å². The van der Waals surface area contributed by atoms with Crippen molar-refractivity contribution < 1.29 is 4.79 Å². The Hall–Kier alpha value is -2.56. The fourth-order valence-electron chi connectivity index (χ4n) is 2.39. The predicted molar refractivity (Wildman–Crippen MR) is 92.6 cm³/mol. The number of urea groups is 1. The molecule has 1 heterocycles. The van der Waals surface area contributed by atoms with Crippen LogP contribution in [0.1, 0.15) is 25.3 Å². The molecule has 2 N–H and O–H groups in total. The summed E-state index contributed by atoms with van der Waals surface area (Å²) in [4.78, 5) is 18.4. The molecular formula is C18H22N4O. The van der Waals surface area contributed by atoms with Crippen molar-refractivity contribution in [2.45, 2.75) is 32.4 Å². The number of nitrogens with zero attached hydrogens (tertiary/aromatic N) is 2. The van der Waals surface area contributed by atoms with Gasteiger partial charge in [0.2, 0.25) is 0 Å². The highest BCUT2D eigenvalue weighted by atomic mass is 16.2. The monoisotopic (exact) mass is 310 g/mol. The molecule has 0 unspecified atom stereocenters. The van der Waals surface area contributed by atoms with Gasteiger partial charge in [-0.25, -0.2) is 9.78 Å². The van der Waals surface area contributed by atoms with Crippen LogP contribution in [0, 0.1) is 0 Å². The molecule has 5 heteroatoms. The van der Waals surface area contributed by atoms with E-state index in [-0.39, 0.29) is 6.03 Å². The zero-order valence-corrected chi connectivity index (χ0v) is 13.3. The molecule has 0 bridgehead atoms. The lowest BCUT2D eigenvalue weighted by Crippen LogP contribution is -2.30. The van der Waals surface area contributed by atoms with Crippen molar-refractivity contribution in [1.82, 2.24) is 10.3 Å². The quantitative estimate of drug-likeness (QED) is 0.860. The number of rotatable bonds is 6. The average Bonchev–Trinajstić information content (AvgIpc) is 3.38. The Morgan fingerprint density at radius 1 is 1.22 bits per heavy atom. The number of hydrogen-bond acceptors (Lipinski definition) is 3. The smallest absolute Gasteiger partial charge is 0.319 e. The van der Waals surface area contributed by atoms with Crippen LogP contribution in [0.5, 0.6) is 0 Å². The van der Waals surface area contributed by atoms with Gasteiger partial charge in [0, 0.05) is 19.1 Å². The minimum absolute atomic E-state index is 0.154. The number of nitrogens with one attached hydrogen (secondary N) is 2. The van der Waals surface area contributed by atoms with E-state index < -0.39 is 0 Å². The minimum atomic E-state index is -0.154. The van der Waals surface area contributed by atoms with Crippen LogP contribution >= 0.6 is 0 Å². The summed E-state index contributed by atoms with van der Waals surface area (Å²) in [6, 6.07) is 14.4. The van der Waals surface area contributed by atoms with Gasteiger partial charge in [0.05, 0.1) is 11.9 Å². The van der Waals surface area contributed by atoms with Crippen LogP contribution in [-0.2, 0) is 6.54 Å². The van der Waals surface area contributed by atoms with Crippen LogP contribution in [0.25, 0.3) is 0 Å². The number of hydrogen-bond donors (Lipinski definition) is 2. The van der Waals surface area contributed by atoms with Gasteiger partial charge in [-0.15, -0.1) is 0 Å². The molecule has 0 aliphatic heterocycles. The van der Waals surface area contributed by atoms with Gasteiger partial charge in [0.15, 0.2) is 0 Å². The zero-order valence-electron chi connectivity index (χ0n) is 13.3. The van der Waals surface area contributed by atoms with Gasteiger partial charge < -0.3 is 15.5 Å². The highest BCUT2D eigenvalue weighted by Gasteiger charge is 2.23. The first-order valence-electron chi connectivity index (χ1n) is 8.07. The summed E-state index contributed by atoms with van der Waals surface area (Å²) in [5.74, 6) is 0.907. The molecule has 1 saturated carbocycles. The summed E-state index contributed by atoms with van der Waals surface area (Å²) in [6.07, 6.45) is 3.86.